The van der Waals surface area contributed by atoms with Crippen LogP contribution in [0, 0.1) is 0 Å². The highest BCUT2D eigenvalue weighted by atomic mass is 32.2. The lowest BCUT2D eigenvalue weighted by molar-refractivity contribution is -0.120. The molecule has 4 rings (SSSR count). The Morgan fingerprint density at radius 1 is 1.39 bits per heavy atom. The number of rotatable bonds is 2. The first-order chi connectivity index (χ1) is 11.2. The van der Waals surface area contributed by atoms with Crippen molar-refractivity contribution in [3.8, 4) is 0 Å². The summed E-state index contributed by atoms with van der Waals surface area (Å²) in [6, 6.07) is 3.73. The molecule has 3 heterocycles. The number of hydrogen-bond donors (Lipinski definition) is 0. The Morgan fingerprint density at radius 2 is 2.26 bits per heavy atom. The van der Waals surface area contributed by atoms with Crippen LogP contribution in [0.1, 0.15) is 5.56 Å². The van der Waals surface area contributed by atoms with E-state index in [0.717, 1.165) is 11.3 Å². The summed E-state index contributed by atoms with van der Waals surface area (Å²) < 4.78 is 11.4. The number of allylic oxidation sites excluding steroid dienone is 1. The van der Waals surface area contributed by atoms with Crippen LogP contribution < -0.4 is 0 Å². The molecule has 3 aliphatic rings. The molecule has 2 aliphatic heterocycles. The summed E-state index contributed by atoms with van der Waals surface area (Å²) in [6.45, 7) is 0.267. The highest BCUT2D eigenvalue weighted by Gasteiger charge is 2.37. The van der Waals surface area contributed by atoms with E-state index in [0.29, 0.717) is 9.23 Å². The molecule has 1 aromatic heterocycles. The first kappa shape index (κ1) is 14.8. The molecule has 1 amide bonds. The van der Waals surface area contributed by atoms with Crippen LogP contribution in [0.5, 0.6) is 0 Å². The van der Waals surface area contributed by atoms with Crippen LogP contribution in [0.3, 0.4) is 0 Å². The summed E-state index contributed by atoms with van der Waals surface area (Å²) in [5, 5.41) is 0. The Morgan fingerprint density at radius 3 is 3.09 bits per heavy atom. The van der Waals surface area contributed by atoms with Gasteiger partial charge in [0.25, 0.3) is 5.91 Å². The van der Waals surface area contributed by atoms with Gasteiger partial charge in [0.1, 0.15) is 19.0 Å². The third-order valence-electron chi connectivity index (χ3n) is 3.67. The second kappa shape index (κ2) is 6.01. The Balaban J connectivity index is 1.61. The van der Waals surface area contributed by atoms with Crippen LogP contribution in [0.2, 0.25) is 0 Å². The maximum Gasteiger partial charge on any atom is 0.270 e. The van der Waals surface area contributed by atoms with Gasteiger partial charge in [0, 0.05) is 18.1 Å². The van der Waals surface area contributed by atoms with E-state index in [1.54, 1.807) is 18.5 Å². The van der Waals surface area contributed by atoms with Gasteiger partial charge in [0.15, 0.2) is 4.32 Å². The van der Waals surface area contributed by atoms with Crippen molar-refractivity contribution < 1.29 is 14.3 Å². The van der Waals surface area contributed by atoms with E-state index < -0.39 is 0 Å². The molecule has 0 aromatic carbocycles. The van der Waals surface area contributed by atoms with Crippen molar-refractivity contribution in [2.75, 3.05) is 6.79 Å². The van der Waals surface area contributed by atoms with Gasteiger partial charge in [-0.2, -0.15) is 0 Å². The number of thioether (sulfide) groups is 1. The van der Waals surface area contributed by atoms with E-state index in [1.807, 2.05) is 30.4 Å². The highest BCUT2D eigenvalue weighted by Crippen LogP contribution is 2.36. The van der Waals surface area contributed by atoms with Gasteiger partial charge in [0.05, 0.1) is 4.91 Å². The minimum atomic E-state index is -0.165. The zero-order valence-electron chi connectivity index (χ0n) is 11.9. The fourth-order valence-corrected chi connectivity index (χ4v) is 3.86. The zero-order chi connectivity index (χ0) is 15.8. The van der Waals surface area contributed by atoms with Crippen molar-refractivity contribution in [2.45, 2.75) is 12.2 Å². The molecule has 1 aliphatic carbocycles. The second-order valence-electron chi connectivity index (χ2n) is 5.13. The molecule has 2 saturated heterocycles. The predicted molar refractivity (Wildman–Crippen MR) is 91.1 cm³/mol. The standard InChI is InChI=1S/C16H12N2O3S2/c19-15-14(6-10-2-1-5-17-8-10)23-16(22)18(15)11-3-4-12-13(7-11)21-9-20-12/h1-8,12-13H,9H2. The number of pyridine rings is 1. The van der Waals surface area contributed by atoms with Crippen molar-refractivity contribution in [2.24, 2.45) is 0 Å². The number of aromatic nitrogens is 1. The molecule has 0 radical (unpaired) electrons. The van der Waals surface area contributed by atoms with E-state index in [9.17, 15) is 4.79 Å². The Labute approximate surface area is 142 Å². The topological polar surface area (TPSA) is 51.7 Å². The van der Waals surface area contributed by atoms with Crippen LogP contribution in [0.25, 0.3) is 6.08 Å². The smallest absolute Gasteiger partial charge is 0.270 e. The van der Waals surface area contributed by atoms with Crippen LogP contribution in [0.15, 0.2) is 53.4 Å². The number of nitrogens with zero attached hydrogens (tertiary/aromatic N) is 2. The number of hydrogen-bond acceptors (Lipinski definition) is 6. The fourth-order valence-electron chi connectivity index (χ4n) is 2.56. The third kappa shape index (κ3) is 2.76. The van der Waals surface area contributed by atoms with E-state index in [2.05, 4.69) is 4.98 Å². The van der Waals surface area contributed by atoms with Crippen molar-refractivity contribution in [1.29, 1.82) is 0 Å². The SMILES string of the molecule is O=C1C(=Cc2cccnc2)SC(=S)N1C1=CC2OCOC2C=C1. The normalized spacial score (nSPS) is 28.4. The van der Waals surface area contributed by atoms with Gasteiger partial charge in [-0.3, -0.25) is 14.7 Å². The number of carbonyl (C=O) groups is 1. The minimum absolute atomic E-state index is 0.0805. The molecule has 2 fully saturated rings. The summed E-state index contributed by atoms with van der Waals surface area (Å²) in [7, 11) is 0. The van der Waals surface area contributed by atoms with Gasteiger partial charge in [0.2, 0.25) is 0 Å². The summed E-state index contributed by atoms with van der Waals surface area (Å²) in [4.78, 5) is 18.9. The first-order valence-electron chi connectivity index (χ1n) is 7.03. The Bertz CT molecular complexity index is 758. The molecule has 116 valence electrons. The quantitative estimate of drug-likeness (QED) is 0.607. The van der Waals surface area contributed by atoms with E-state index in [-0.39, 0.29) is 24.9 Å². The number of ether oxygens (including phenoxy) is 2. The lowest BCUT2D eigenvalue weighted by atomic mass is 10.1. The molecule has 0 saturated carbocycles. The molecule has 0 bridgehead atoms. The zero-order valence-corrected chi connectivity index (χ0v) is 13.5. The molecule has 0 N–H and O–H groups in total. The summed E-state index contributed by atoms with van der Waals surface area (Å²) in [5.74, 6) is -0.128. The van der Waals surface area contributed by atoms with Gasteiger partial charge in [-0.25, -0.2) is 0 Å². The van der Waals surface area contributed by atoms with Gasteiger partial charge in [-0.1, -0.05) is 36.1 Å². The van der Waals surface area contributed by atoms with Gasteiger partial charge < -0.3 is 9.47 Å². The average Bonchev–Trinajstić information content (AvgIpc) is 3.13. The van der Waals surface area contributed by atoms with Crippen molar-refractivity contribution in [3.05, 3.63) is 58.9 Å². The van der Waals surface area contributed by atoms with E-state index in [1.165, 1.54) is 16.7 Å². The average molecular weight is 344 g/mol. The van der Waals surface area contributed by atoms with Crippen LogP contribution in [-0.2, 0) is 14.3 Å². The maximum atomic E-state index is 12.7. The summed E-state index contributed by atoms with van der Waals surface area (Å²) in [5.41, 5.74) is 1.60. The molecule has 5 nitrogen and oxygen atoms in total. The van der Waals surface area contributed by atoms with Crippen molar-refractivity contribution in [1.82, 2.24) is 9.88 Å². The first-order valence-corrected chi connectivity index (χ1v) is 8.26. The molecule has 2 unspecified atom stereocenters. The number of amides is 1. The third-order valence-corrected chi connectivity index (χ3v) is 4.97. The van der Waals surface area contributed by atoms with Crippen molar-refractivity contribution in [3.63, 3.8) is 0 Å². The molecule has 7 heteroatoms. The lowest BCUT2D eigenvalue weighted by Gasteiger charge is -2.22. The Kier molecular flexibility index (Phi) is 3.86. The van der Waals surface area contributed by atoms with Crippen LogP contribution in [-0.4, -0.2) is 39.1 Å². The number of fused-ring (bicyclic) bond motifs is 1. The van der Waals surface area contributed by atoms with Crippen LogP contribution >= 0.6 is 24.0 Å². The minimum Gasteiger partial charge on any atom is -0.345 e. The number of thiocarbonyl (C=S) groups is 1. The molecule has 1 aromatic rings. The molecular formula is C16H12N2O3S2. The van der Waals surface area contributed by atoms with Gasteiger partial charge in [-0.15, -0.1) is 0 Å². The van der Waals surface area contributed by atoms with E-state index in [4.69, 9.17) is 21.7 Å². The largest absolute Gasteiger partial charge is 0.345 e. The predicted octanol–water partition coefficient (Wildman–Crippen LogP) is 2.48. The molecule has 23 heavy (non-hydrogen) atoms. The van der Waals surface area contributed by atoms with Gasteiger partial charge in [-0.05, 0) is 29.9 Å². The lowest BCUT2D eigenvalue weighted by Crippen LogP contribution is -2.31. The highest BCUT2D eigenvalue weighted by molar-refractivity contribution is 8.26. The summed E-state index contributed by atoms with van der Waals surface area (Å²) in [6.07, 6.45) is 10.6. The fraction of sp³-hybridized carbons (Fsp3) is 0.188. The Hall–Kier alpha value is -1.80. The second-order valence-corrected chi connectivity index (χ2v) is 6.81. The maximum absolute atomic E-state index is 12.7. The summed E-state index contributed by atoms with van der Waals surface area (Å²) >= 11 is 6.67. The van der Waals surface area contributed by atoms with Gasteiger partial charge >= 0.3 is 0 Å². The molecule has 2 atom stereocenters. The monoisotopic (exact) mass is 344 g/mol. The molecule has 0 spiro atoms. The van der Waals surface area contributed by atoms with E-state index >= 15 is 0 Å². The number of carbonyl (C=O) groups excluding carboxylic acids is 1. The van der Waals surface area contributed by atoms with Crippen molar-refractivity contribution >= 4 is 40.3 Å². The van der Waals surface area contributed by atoms with Crippen LogP contribution in [0.4, 0.5) is 0 Å². The molecular weight excluding hydrogens is 332 g/mol.